The Balaban J connectivity index is 2.03. The molecule has 1 N–H and O–H groups in total. The van der Waals surface area contributed by atoms with Gasteiger partial charge in [0, 0.05) is 0 Å². The van der Waals surface area contributed by atoms with E-state index < -0.39 is 0 Å². The van der Waals surface area contributed by atoms with Gasteiger partial charge < -0.3 is 5.11 Å². The molecule has 0 radical (unpaired) electrons. The topological polar surface area (TPSA) is 20.2 Å². The van der Waals surface area contributed by atoms with Crippen LogP contribution in [0.15, 0.2) is 0 Å². The van der Waals surface area contributed by atoms with Gasteiger partial charge in [-0.1, -0.05) is 12.8 Å². The summed E-state index contributed by atoms with van der Waals surface area (Å²) in [5, 5.41) is 9.50. The fraction of sp³-hybridized carbons (Fsp3) is 1.00. The SMILES string of the molecule is O[C@@H]1CCCCC12CC2. The molecular weight excluding hydrogens is 112 g/mol. The number of aliphatic hydroxyl groups excluding tert-OH is 1. The molecule has 1 atom stereocenters. The van der Waals surface area contributed by atoms with Gasteiger partial charge in [0.05, 0.1) is 6.10 Å². The summed E-state index contributed by atoms with van der Waals surface area (Å²) in [6.07, 6.45) is 7.64. The largest absolute Gasteiger partial charge is 0.393 e. The van der Waals surface area contributed by atoms with Crippen molar-refractivity contribution in [2.24, 2.45) is 5.41 Å². The highest BCUT2D eigenvalue weighted by Crippen LogP contribution is 2.55. The Morgan fingerprint density at radius 2 is 1.89 bits per heavy atom. The van der Waals surface area contributed by atoms with Crippen molar-refractivity contribution in [3.63, 3.8) is 0 Å². The molecule has 0 aromatic heterocycles. The summed E-state index contributed by atoms with van der Waals surface area (Å²) in [6, 6.07) is 0. The third kappa shape index (κ3) is 0.787. The zero-order valence-electron chi connectivity index (χ0n) is 5.77. The molecule has 0 saturated heterocycles. The van der Waals surface area contributed by atoms with Gasteiger partial charge in [-0.25, -0.2) is 0 Å². The standard InChI is InChI=1S/C8H14O/c9-7-3-1-2-4-8(7)5-6-8/h7,9H,1-6H2/t7-/m1/s1. The van der Waals surface area contributed by atoms with Crippen LogP contribution >= 0.6 is 0 Å². The van der Waals surface area contributed by atoms with Crippen molar-refractivity contribution in [1.29, 1.82) is 0 Å². The van der Waals surface area contributed by atoms with Crippen LogP contribution in [0.25, 0.3) is 0 Å². The van der Waals surface area contributed by atoms with Gasteiger partial charge in [0.2, 0.25) is 0 Å². The van der Waals surface area contributed by atoms with Crippen LogP contribution in [-0.2, 0) is 0 Å². The van der Waals surface area contributed by atoms with Crippen molar-refractivity contribution in [3.8, 4) is 0 Å². The average molecular weight is 126 g/mol. The molecule has 1 heteroatoms. The Bertz CT molecular complexity index is 116. The third-order valence-electron chi connectivity index (χ3n) is 3.00. The number of hydrogen-bond donors (Lipinski definition) is 1. The van der Waals surface area contributed by atoms with E-state index in [2.05, 4.69) is 0 Å². The maximum absolute atomic E-state index is 9.50. The van der Waals surface area contributed by atoms with Crippen LogP contribution in [0.4, 0.5) is 0 Å². The fourth-order valence-electron chi connectivity index (χ4n) is 2.03. The fourth-order valence-corrected chi connectivity index (χ4v) is 2.03. The summed E-state index contributed by atoms with van der Waals surface area (Å²) in [5.41, 5.74) is 0.443. The quantitative estimate of drug-likeness (QED) is 0.523. The van der Waals surface area contributed by atoms with Crippen LogP contribution in [0.1, 0.15) is 38.5 Å². The maximum atomic E-state index is 9.50. The first-order valence-electron chi connectivity index (χ1n) is 4.02. The molecule has 2 rings (SSSR count). The molecule has 0 unspecified atom stereocenters. The molecule has 0 amide bonds. The van der Waals surface area contributed by atoms with Crippen LogP contribution in [0.2, 0.25) is 0 Å². The lowest BCUT2D eigenvalue weighted by molar-refractivity contribution is 0.0546. The molecule has 2 saturated carbocycles. The Morgan fingerprint density at radius 1 is 1.11 bits per heavy atom. The minimum atomic E-state index is 0.0613. The number of hydrogen-bond acceptors (Lipinski definition) is 1. The van der Waals surface area contributed by atoms with E-state index in [9.17, 15) is 5.11 Å². The second-order valence-electron chi connectivity index (χ2n) is 3.62. The minimum absolute atomic E-state index is 0.0613. The molecule has 0 aromatic rings. The smallest absolute Gasteiger partial charge is 0.0596 e. The van der Waals surface area contributed by atoms with E-state index in [1.807, 2.05) is 0 Å². The molecule has 1 nitrogen and oxygen atoms in total. The Hall–Kier alpha value is -0.0400. The third-order valence-corrected chi connectivity index (χ3v) is 3.00. The van der Waals surface area contributed by atoms with E-state index in [1.165, 1.54) is 32.1 Å². The molecule has 52 valence electrons. The highest BCUT2D eigenvalue weighted by Gasteiger charge is 2.49. The van der Waals surface area contributed by atoms with Crippen molar-refractivity contribution in [2.75, 3.05) is 0 Å². The maximum Gasteiger partial charge on any atom is 0.0596 e. The summed E-state index contributed by atoms with van der Waals surface area (Å²) < 4.78 is 0. The van der Waals surface area contributed by atoms with Crippen LogP contribution in [0.3, 0.4) is 0 Å². The van der Waals surface area contributed by atoms with Crippen molar-refractivity contribution < 1.29 is 5.11 Å². The molecule has 1 spiro atoms. The molecule has 0 bridgehead atoms. The minimum Gasteiger partial charge on any atom is -0.393 e. The van der Waals surface area contributed by atoms with Gasteiger partial charge in [-0.15, -0.1) is 0 Å². The van der Waals surface area contributed by atoms with Crippen molar-refractivity contribution in [3.05, 3.63) is 0 Å². The summed E-state index contributed by atoms with van der Waals surface area (Å²) in [7, 11) is 0. The van der Waals surface area contributed by atoms with E-state index in [1.54, 1.807) is 0 Å². The first-order valence-corrected chi connectivity index (χ1v) is 4.02. The lowest BCUT2D eigenvalue weighted by Crippen LogP contribution is -2.25. The van der Waals surface area contributed by atoms with Crippen LogP contribution < -0.4 is 0 Å². The van der Waals surface area contributed by atoms with Gasteiger partial charge in [-0.2, -0.15) is 0 Å². The molecule has 9 heavy (non-hydrogen) atoms. The zero-order chi connectivity index (χ0) is 6.32. The number of rotatable bonds is 0. The average Bonchev–Trinajstić information content (AvgIpc) is 2.60. The van der Waals surface area contributed by atoms with Crippen LogP contribution in [0.5, 0.6) is 0 Å². The van der Waals surface area contributed by atoms with Gasteiger partial charge in [0.1, 0.15) is 0 Å². The Labute approximate surface area is 56.1 Å². The number of aliphatic hydroxyl groups is 1. The molecule has 0 aromatic carbocycles. The molecule has 0 heterocycles. The van der Waals surface area contributed by atoms with Gasteiger partial charge >= 0.3 is 0 Å². The molecule has 2 aliphatic rings. The second kappa shape index (κ2) is 1.72. The molecule has 0 aliphatic heterocycles. The van der Waals surface area contributed by atoms with Gasteiger partial charge in [-0.05, 0) is 31.1 Å². The van der Waals surface area contributed by atoms with Crippen molar-refractivity contribution in [1.82, 2.24) is 0 Å². The summed E-state index contributed by atoms with van der Waals surface area (Å²) >= 11 is 0. The molecule has 2 fully saturated rings. The van der Waals surface area contributed by atoms with Gasteiger partial charge in [0.15, 0.2) is 0 Å². The normalized spacial score (nSPS) is 39.0. The predicted octanol–water partition coefficient (Wildman–Crippen LogP) is 1.70. The first kappa shape index (κ1) is 5.72. The van der Waals surface area contributed by atoms with Crippen molar-refractivity contribution in [2.45, 2.75) is 44.6 Å². The van der Waals surface area contributed by atoms with E-state index in [0.717, 1.165) is 6.42 Å². The summed E-state index contributed by atoms with van der Waals surface area (Å²) in [5.74, 6) is 0. The van der Waals surface area contributed by atoms with Crippen molar-refractivity contribution >= 4 is 0 Å². The second-order valence-corrected chi connectivity index (χ2v) is 3.62. The van der Waals surface area contributed by atoms with E-state index in [-0.39, 0.29) is 6.10 Å². The zero-order valence-corrected chi connectivity index (χ0v) is 5.77. The van der Waals surface area contributed by atoms with Crippen LogP contribution in [-0.4, -0.2) is 11.2 Å². The van der Waals surface area contributed by atoms with E-state index >= 15 is 0 Å². The highest BCUT2D eigenvalue weighted by atomic mass is 16.3. The van der Waals surface area contributed by atoms with E-state index in [0.29, 0.717) is 5.41 Å². The molecule has 2 aliphatic carbocycles. The lowest BCUT2D eigenvalue weighted by atomic mass is 9.84. The predicted molar refractivity (Wildman–Crippen MR) is 36.1 cm³/mol. The van der Waals surface area contributed by atoms with Gasteiger partial charge in [-0.3, -0.25) is 0 Å². The van der Waals surface area contributed by atoms with E-state index in [4.69, 9.17) is 0 Å². The lowest BCUT2D eigenvalue weighted by Gasteiger charge is -2.26. The summed E-state index contributed by atoms with van der Waals surface area (Å²) in [4.78, 5) is 0. The Morgan fingerprint density at radius 3 is 2.33 bits per heavy atom. The first-order chi connectivity index (χ1) is 4.33. The summed E-state index contributed by atoms with van der Waals surface area (Å²) in [6.45, 7) is 0. The highest BCUT2D eigenvalue weighted by molar-refractivity contribution is 5.00. The Kier molecular flexibility index (Phi) is 1.10. The molecular formula is C8H14O. The van der Waals surface area contributed by atoms with Gasteiger partial charge in [0.25, 0.3) is 0 Å². The van der Waals surface area contributed by atoms with Crippen LogP contribution in [0, 0.1) is 5.41 Å². The monoisotopic (exact) mass is 126 g/mol.